The van der Waals surface area contributed by atoms with E-state index in [1.165, 1.54) is 0 Å². The van der Waals surface area contributed by atoms with Crippen molar-refractivity contribution in [3.8, 4) is 22.9 Å². The summed E-state index contributed by atoms with van der Waals surface area (Å²) >= 11 is 12.1. The van der Waals surface area contributed by atoms with E-state index in [9.17, 15) is 0 Å². The number of hydrogen-bond donors (Lipinski definition) is 1. The molecule has 6 heteroatoms. The van der Waals surface area contributed by atoms with E-state index in [0.717, 1.165) is 28.2 Å². The summed E-state index contributed by atoms with van der Waals surface area (Å²) in [7, 11) is 0. The smallest absolute Gasteiger partial charge is 0.161 e. The second kappa shape index (κ2) is 6.69. The maximum atomic E-state index is 6.05. The van der Waals surface area contributed by atoms with Gasteiger partial charge in [0.05, 0.1) is 34.3 Å². The van der Waals surface area contributed by atoms with Crippen LogP contribution in [0.2, 0.25) is 10.0 Å². The Morgan fingerprint density at radius 3 is 2.39 bits per heavy atom. The maximum absolute atomic E-state index is 6.05. The highest BCUT2D eigenvalue weighted by molar-refractivity contribution is 6.42. The van der Waals surface area contributed by atoms with Crippen LogP contribution in [0, 0.1) is 0 Å². The van der Waals surface area contributed by atoms with Crippen molar-refractivity contribution < 1.29 is 9.47 Å². The summed E-state index contributed by atoms with van der Waals surface area (Å²) in [5.41, 5.74) is 2.50. The Morgan fingerprint density at radius 1 is 0.957 bits per heavy atom. The predicted octanol–water partition coefficient (Wildman–Crippen LogP) is 5.33. The van der Waals surface area contributed by atoms with E-state index in [0.29, 0.717) is 29.0 Å². The number of aromatic amines is 1. The summed E-state index contributed by atoms with van der Waals surface area (Å²) in [6.07, 6.45) is 0. The SMILES string of the molecule is CCOc1ccc(-c2nc3cc(Cl)c(Cl)cc3[nH]2)cc1OCC. The number of H-pyrrole nitrogens is 1. The van der Waals surface area contributed by atoms with Crippen LogP contribution < -0.4 is 9.47 Å². The highest BCUT2D eigenvalue weighted by atomic mass is 35.5. The number of benzene rings is 2. The van der Waals surface area contributed by atoms with Crippen molar-refractivity contribution in [3.05, 3.63) is 40.4 Å². The molecule has 0 unspecified atom stereocenters. The molecule has 3 rings (SSSR count). The molecule has 23 heavy (non-hydrogen) atoms. The summed E-state index contributed by atoms with van der Waals surface area (Å²) in [5.74, 6) is 2.14. The zero-order chi connectivity index (χ0) is 16.4. The van der Waals surface area contributed by atoms with E-state index < -0.39 is 0 Å². The van der Waals surface area contributed by atoms with Gasteiger partial charge in [-0.05, 0) is 44.2 Å². The fourth-order valence-electron chi connectivity index (χ4n) is 2.34. The largest absolute Gasteiger partial charge is 0.490 e. The molecule has 2 aromatic carbocycles. The Bertz CT molecular complexity index is 807. The fraction of sp³-hybridized carbons (Fsp3) is 0.235. The number of ether oxygens (including phenoxy) is 2. The second-order valence-corrected chi connectivity index (χ2v) is 5.71. The van der Waals surface area contributed by atoms with Gasteiger partial charge in [0.2, 0.25) is 0 Å². The van der Waals surface area contributed by atoms with Crippen LogP contribution >= 0.6 is 23.2 Å². The van der Waals surface area contributed by atoms with Gasteiger partial charge in [0.1, 0.15) is 5.82 Å². The molecule has 1 N–H and O–H groups in total. The molecule has 4 nitrogen and oxygen atoms in total. The van der Waals surface area contributed by atoms with Crippen molar-refractivity contribution >= 4 is 34.2 Å². The molecule has 0 saturated carbocycles. The molecule has 0 aliphatic rings. The molecule has 3 aromatic rings. The van der Waals surface area contributed by atoms with Gasteiger partial charge < -0.3 is 14.5 Å². The average molecular weight is 351 g/mol. The zero-order valence-corrected chi connectivity index (χ0v) is 14.3. The van der Waals surface area contributed by atoms with Crippen molar-refractivity contribution in [3.63, 3.8) is 0 Å². The molecule has 0 aliphatic carbocycles. The minimum absolute atomic E-state index is 0.485. The number of imidazole rings is 1. The first kappa shape index (κ1) is 16.0. The summed E-state index contributed by atoms with van der Waals surface area (Å²) in [5, 5.41) is 0.981. The lowest BCUT2D eigenvalue weighted by molar-refractivity contribution is 0.288. The lowest BCUT2D eigenvalue weighted by Crippen LogP contribution is -1.98. The van der Waals surface area contributed by atoms with Gasteiger partial charge >= 0.3 is 0 Å². The molecule has 0 atom stereocenters. The first-order chi connectivity index (χ1) is 11.1. The van der Waals surface area contributed by atoms with E-state index in [4.69, 9.17) is 32.7 Å². The van der Waals surface area contributed by atoms with Gasteiger partial charge in [0.15, 0.2) is 11.5 Å². The van der Waals surface area contributed by atoms with E-state index in [-0.39, 0.29) is 0 Å². The van der Waals surface area contributed by atoms with Gasteiger partial charge in [0.25, 0.3) is 0 Å². The minimum atomic E-state index is 0.485. The highest BCUT2D eigenvalue weighted by Crippen LogP contribution is 2.33. The van der Waals surface area contributed by atoms with Gasteiger partial charge in [-0.2, -0.15) is 0 Å². The molecule has 0 radical (unpaired) electrons. The minimum Gasteiger partial charge on any atom is -0.490 e. The molecule has 120 valence electrons. The highest BCUT2D eigenvalue weighted by Gasteiger charge is 2.12. The first-order valence-corrected chi connectivity index (χ1v) is 8.12. The molecular weight excluding hydrogens is 335 g/mol. The number of nitrogens with zero attached hydrogens (tertiary/aromatic N) is 1. The summed E-state index contributed by atoms with van der Waals surface area (Å²) in [6, 6.07) is 9.26. The van der Waals surface area contributed by atoms with Crippen LogP contribution in [0.1, 0.15) is 13.8 Å². The maximum Gasteiger partial charge on any atom is 0.161 e. The van der Waals surface area contributed by atoms with E-state index in [1.54, 1.807) is 12.1 Å². The monoisotopic (exact) mass is 350 g/mol. The number of aromatic nitrogens is 2. The molecule has 0 spiro atoms. The lowest BCUT2D eigenvalue weighted by atomic mass is 10.2. The Labute approximate surface area is 144 Å². The van der Waals surface area contributed by atoms with Crippen molar-refractivity contribution in [2.75, 3.05) is 13.2 Å². The van der Waals surface area contributed by atoms with Crippen LogP contribution in [0.5, 0.6) is 11.5 Å². The van der Waals surface area contributed by atoms with Crippen molar-refractivity contribution in [2.45, 2.75) is 13.8 Å². The Hall–Kier alpha value is -1.91. The molecule has 1 aromatic heterocycles. The Morgan fingerprint density at radius 2 is 1.65 bits per heavy atom. The van der Waals surface area contributed by atoms with Crippen molar-refractivity contribution in [1.29, 1.82) is 0 Å². The first-order valence-electron chi connectivity index (χ1n) is 7.37. The molecule has 0 amide bonds. The van der Waals surface area contributed by atoms with Gasteiger partial charge in [-0.25, -0.2) is 4.98 Å². The van der Waals surface area contributed by atoms with Gasteiger partial charge in [-0.1, -0.05) is 23.2 Å². The normalized spacial score (nSPS) is 11.0. The molecular formula is C17H16Cl2N2O2. The number of fused-ring (bicyclic) bond motifs is 1. The molecule has 1 heterocycles. The third kappa shape index (κ3) is 3.23. The predicted molar refractivity (Wildman–Crippen MR) is 93.9 cm³/mol. The second-order valence-electron chi connectivity index (χ2n) is 4.90. The zero-order valence-electron chi connectivity index (χ0n) is 12.8. The van der Waals surface area contributed by atoms with Crippen LogP contribution in [0.25, 0.3) is 22.4 Å². The van der Waals surface area contributed by atoms with E-state index in [2.05, 4.69) is 9.97 Å². The fourth-order valence-corrected chi connectivity index (χ4v) is 2.66. The molecule has 0 aliphatic heterocycles. The molecule has 0 bridgehead atoms. The third-order valence-corrected chi connectivity index (χ3v) is 4.06. The Kier molecular flexibility index (Phi) is 4.64. The van der Waals surface area contributed by atoms with E-state index >= 15 is 0 Å². The number of hydrogen-bond acceptors (Lipinski definition) is 3. The summed E-state index contributed by atoms with van der Waals surface area (Å²) in [6.45, 7) is 5.03. The van der Waals surface area contributed by atoms with Gasteiger partial charge in [-0.3, -0.25) is 0 Å². The van der Waals surface area contributed by atoms with Crippen LogP contribution in [-0.4, -0.2) is 23.2 Å². The van der Waals surface area contributed by atoms with Crippen molar-refractivity contribution in [1.82, 2.24) is 9.97 Å². The van der Waals surface area contributed by atoms with Gasteiger partial charge in [-0.15, -0.1) is 0 Å². The summed E-state index contributed by atoms with van der Waals surface area (Å²) in [4.78, 5) is 7.82. The average Bonchev–Trinajstić information content (AvgIpc) is 2.93. The number of rotatable bonds is 5. The van der Waals surface area contributed by atoms with Crippen molar-refractivity contribution in [2.24, 2.45) is 0 Å². The van der Waals surface area contributed by atoms with Crippen LogP contribution in [0.15, 0.2) is 30.3 Å². The number of nitrogens with one attached hydrogen (secondary N) is 1. The van der Waals surface area contributed by atoms with E-state index in [1.807, 2.05) is 32.0 Å². The quantitative estimate of drug-likeness (QED) is 0.675. The molecule has 0 saturated heterocycles. The van der Waals surface area contributed by atoms with Crippen LogP contribution in [-0.2, 0) is 0 Å². The summed E-state index contributed by atoms with van der Waals surface area (Å²) < 4.78 is 11.2. The topological polar surface area (TPSA) is 47.1 Å². The van der Waals surface area contributed by atoms with Crippen LogP contribution in [0.3, 0.4) is 0 Å². The van der Waals surface area contributed by atoms with Crippen LogP contribution in [0.4, 0.5) is 0 Å². The molecule has 0 fully saturated rings. The lowest BCUT2D eigenvalue weighted by Gasteiger charge is -2.11. The third-order valence-electron chi connectivity index (χ3n) is 3.34. The Balaban J connectivity index is 2.05. The number of halogens is 2. The van der Waals surface area contributed by atoms with Gasteiger partial charge in [0, 0.05) is 5.56 Å². The standard InChI is InChI=1S/C17H16Cl2N2O2/c1-3-22-15-6-5-10(7-16(15)23-4-2)17-20-13-8-11(18)12(19)9-14(13)21-17/h5-9H,3-4H2,1-2H3,(H,20,21).